The largest absolute Gasteiger partial charge is 0.496 e. The van der Waals surface area contributed by atoms with E-state index >= 15 is 0 Å². The van der Waals surface area contributed by atoms with E-state index in [1.807, 2.05) is 0 Å². The molecular weight excluding hydrogens is 224 g/mol. The third-order valence-electron chi connectivity index (χ3n) is 2.23. The van der Waals surface area contributed by atoms with Gasteiger partial charge in [-0.25, -0.2) is 0 Å². The molecule has 1 aromatic rings. The number of carbonyl (C=O) groups is 1. The number of benzene rings is 1. The van der Waals surface area contributed by atoms with Crippen molar-refractivity contribution >= 4 is 16.0 Å². The molecule has 0 N–H and O–H groups in total. The first kappa shape index (κ1) is 12.9. The van der Waals surface area contributed by atoms with E-state index in [1.54, 1.807) is 24.3 Å². The molecule has 5 heteroatoms. The molecule has 0 atom stereocenters. The quantitative estimate of drug-likeness (QED) is 0.435. The van der Waals surface area contributed by atoms with Gasteiger partial charge in [0.05, 0.1) is 12.7 Å². The van der Waals surface area contributed by atoms with Crippen molar-refractivity contribution in [3.63, 3.8) is 0 Å². The lowest BCUT2D eigenvalue weighted by atomic mass is 10.1. The topological polar surface area (TPSA) is 44.8 Å². The lowest BCUT2D eigenvalue weighted by Gasteiger charge is -2.25. The van der Waals surface area contributed by atoms with E-state index in [1.165, 1.54) is 21.3 Å². The van der Waals surface area contributed by atoms with Crippen LogP contribution in [-0.2, 0) is 9.47 Å². The standard InChI is InChI=1S/C11H13O4Si/c1-13-9-7-5-4-6-8(9)10(12)11(16,14-2)15-3/h4-7H,1-3H3. The van der Waals surface area contributed by atoms with Crippen molar-refractivity contribution in [2.75, 3.05) is 21.3 Å². The van der Waals surface area contributed by atoms with E-state index in [4.69, 9.17) is 14.2 Å². The normalized spacial score (nSPS) is 11.2. The van der Waals surface area contributed by atoms with Crippen molar-refractivity contribution in [1.29, 1.82) is 0 Å². The van der Waals surface area contributed by atoms with Gasteiger partial charge in [0.25, 0.3) is 0 Å². The van der Waals surface area contributed by atoms with E-state index in [0.29, 0.717) is 11.3 Å². The minimum Gasteiger partial charge on any atom is -0.496 e. The van der Waals surface area contributed by atoms with Crippen LogP contribution in [0.15, 0.2) is 24.3 Å². The van der Waals surface area contributed by atoms with Crippen LogP contribution in [0.5, 0.6) is 5.75 Å². The summed E-state index contributed by atoms with van der Waals surface area (Å²) in [6, 6.07) is 6.87. The van der Waals surface area contributed by atoms with Crippen molar-refractivity contribution in [2.45, 2.75) is 5.41 Å². The second-order valence-electron chi connectivity index (χ2n) is 3.05. The Morgan fingerprint density at radius 3 is 2.25 bits per heavy atom. The highest BCUT2D eigenvalue weighted by Crippen LogP contribution is 2.23. The van der Waals surface area contributed by atoms with Gasteiger partial charge in [0.15, 0.2) is 0 Å². The number of carbonyl (C=O) groups excluding carboxylic acids is 1. The summed E-state index contributed by atoms with van der Waals surface area (Å²) in [6.07, 6.45) is 0. The Kier molecular flexibility index (Phi) is 4.23. The predicted octanol–water partition coefficient (Wildman–Crippen LogP) is 0.993. The Hall–Kier alpha value is -1.17. The van der Waals surface area contributed by atoms with Gasteiger partial charge < -0.3 is 14.2 Å². The minimum absolute atomic E-state index is 0.355. The van der Waals surface area contributed by atoms with Crippen LogP contribution < -0.4 is 4.74 Å². The van der Waals surface area contributed by atoms with Gasteiger partial charge in [-0.05, 0) is 12.1 Å². The van der Waals surface area contributed by atoms with Crippen molar-refractivity contribution < 1.29 is 19.0 Å². The number of hydrogen-bond acceptors (Lipinski definition) is 4. The molecule has 0 heterocycles. The molecule has 0 aliphatic rings. The van der Waals surface area contributed by atoms with Crippen LogP contribution in [0.2, 0.25) is 0 Å². The Labute approximate surface area is 97.9 Å². The minimum atomic E-state index is -1.48. The molecule has 0 unspecified atom stereocenters. The Morgan fingerprint density at radius 2 is 1.75 bits per heavy atom. The van der Waals surface area contributed by atoms with Crippen molar-refractivity contribution in [3.05, 3.63) is 29.8 Å². The third-order valence-corrected chi connectivity index (χ3v) is 2.86. The van der Waals surface area contributed by atoms with Gasteiger partial charge in [-0.3, -0.25) is 4.79 Å². The van der Waals surface area contributed by atoms with Gasteiger partial charge in [0, 0.05) is 14.2 Å². The molecule has 3 radical (unpaired) electrons. The SMILES string of the molecule is COc1ccccc1C(=O)C([Si])(OC)OC. The summed E-state index contributed by atoms with van der Waals surface area (Å²) < 4.78 is 15.1. The molecule has 4 nitrogen and oxygen atoms in total. The maximum absolute atomic E-state index is 12.1. The first-order valence-electron chi connectivity index (χ1n) is 4.62. The van der Waals surface area contributed by atoms with E-state index in [2.05, 4.69) is 10.2 Å². The number of ether oxygens (including phenoxy) is 3. The molecule has 0 spiro atoms. The van der Waals surface area contributed by atoms with Crippen LogP contribution in [0.4, 0.5) is 0 Å². The predicted molar refractivity (Wildman–Crippen MR) is 59.8 cm³/mol. The fourth-order valence-electron chi connectivity index (χ4n) is 1.28. The lowest BCUT2D eigenvalue weighted by Crippen LogP contribution is -2.43. The molecule has 0 fully saturated rings. The first-order chi connectivity index (χ1) is 7.59. The molecule has 1 rings (SSSR count). The zero-order chi connectivity index (χ0) is 12.2. The van der Waals surface area contributed by atoms with Gasteiger partial charge in [-0.2, -0.15) is 0 Å². The molecule has 0 saturated carbocycles. The fraction of sp³-hybridized carbons (Fsp3) is 0.364. The Balaban J connectivity index is 3.13. The molecule has 1 aromatic carbocycles. The fourth-order valence-corrected chi connectivity index (χ4v) is 1.41. The zero-order valence-corrected chi connectivity index (χ0v) is 10.4. The summed E-state index contributed by atoms with van der Waals surface area (Å²) in [7, 11) is 7.41. The summed E-state index contributed by atoms with van der Waals surface area (Å²) in [5, 5.41) is 0. The van der Waals surface area contributed by atoms with Gasteiger partial charge >= 0.3 is 0 Å². The van der Waals surface area contributed by atoms with Crippen molar-refractivity contribution in [3.8, 4) is 5.75 Å². The smallest absolute Gasteiger partial charge is 0.220 e. The maximum Gasteiger partial charge on any atom is 0.220 e. The van der Waals surface area contributed by atoms with Crippen LogP contribution >= 0.6 is 0 Å². The second-order valence-corrected chi connectivity index (χ2v) is 3.71. The van der Waals surface area contributed by atoms with Crippen LogP contribution in [0.3, 0.4) is 0 Å². The van der Waals surface area contributed by atoms with Gasteiger partial charge in [0.1, 0.15) is 16.0 Å². The van der Waals surface area contributed by atoms with E-state index in [-0.39, 0.29) is 5.78 Å². The van der Waals surface area contributed by atoms with Crippen LogP contribution in [0.1, 0.15) is 10.4 Å². The van der Waals surface area contributed by atoms with Gasteiger partial charge in [-0.1, -0.05) is 12.1 Å². The van der Waals surface area contributed by atoms with Crippen LogP contribution in [0, 0.1) is 0 Å². The maximum atomic E-state index is 12.1. The lowest BCUT2D eigenvalue weighted by molar-refractivity contribution is -0.109. The molecular formula is C11H13O4Si. The summed E-state index contributed by atoms with van der Waals surface area (Å²) >= 11 is 0. The molecule has 0 bridgehead atoms. The van der Waals surface area contributed by atoms with E-state index in [9.17, 15) is 4.79 Å². The van der Waals surface area contributed by atoms with Gasteiger partial charge in [-0.15, -0.1) is 0 Å². The van der Waals surface area contributed by atoms with E-state index in [0.717, 1.165) is 0 Å². The number of para-hydroxylation sites is 1. The third kappa shape index (κ3) is 2.32. The number of hydrogen-bond donors (Lipinski definition) is 0. The van der Waals surface area contributed by atoms with Crippen molar-refractivity contribution in [2.24, 2.45) is 0 Å². The highest BCUT2D eigenvalue weighted by Gasteiger charge is 2.35. The number of ketones is 1. The second kappa shape index (κ2) is 5.24. The Morgan fingerprint density at radius 1 is 1.19 bits per heavy atom. The molecule has 0 aromatic heterocycles. The molecule has 0 amide bonds. The van der Waals surface area contributed by atoms with E-state index < -0.39 is 5.41 Å². The molecule has 85 valence electrons. The molecule has 0 aliphatic heterocycles. The average Bonchev–Trinajstić information content (AvgIpc) is 2.36. The Bertz CT molecular complexity index is 374. The summed E-state index contributed by atoms with van der Waals surface area (Å²) in [5.41, 5.74) is -1.09. The number of rotatable bonds is 5. The average molecular weight is 237 g/mol. The summed E-state index contributed by atoms with van der Waals surface area (Å²) in [5.74, 6) is 0.121. The zero-order valence-electron chi connectivity index (χ0n) is 9.44. The summed E-state index contributed by atoms with van der Waals surface area (Å²) in [6.45, 7) is 0. The molecule has 0 saturated heterocycles. The van der Waals surface area contributed by atoms with Crippen LogP contribution in [0.25, 0.3) is 0 Å². The number of methoxy groups -OCH3 is 3. The highest BCUT2D eigenvalue weighted by atomic mass is 28.1. The van der Waals surface area contributed by atoms with Crippen molar-refractivity contribution in [1.82, 2.24) is 0 Å². The molecule has 16 heavy (non-hydrogen) atoms. The van der Waals surface area contributed by atoms with Crippen LogP contribution in [-0.4, -0.2) is 42.8 Å². The number of Topliss-reactive ketones (excluding diaryl/α,β-unsaturated/α-hetero) is 1. The first-order valence-corrected chi connectivity index (χ1v) is 5.12. The monoisotopic (exact) mass is 237 g/mol. The molecule has 0 aliphatic carbocycles. The van der Waals surface area contributed by atoms with Gasteiger partial charge in [0.2, 0.25) is 11.2 Å². The highest BCUT2D eigenvalue weighted by molar-refractivity contribution is 6.30. The summed E-state index contributed by atoms with van der Waals surface area (Å²) in [4.78, 5) is 12.1.